The summed E-state index contributed by atoms with van der Waals surface area (Å²) < 4.78 is 15.6. The maximum Gasteiger partial charge on any atom is 0.340 e. The van der Waals surface area contributed by atoms with E-state index in [1.165, 1.54) is 0 Å². The maximum absolute atomic E-state index is 12.0. The Morgan fingerprint density at radius 3 is 2.08 bits per heavy atom. The van der Waals surface area contributed by atoms with Crippen LogP contribution in [0.3, 0.4) is 0 Å². The molecule has 1 aliphatic rings. The van der Waals surface area contributed by atoms with Gasteiger partial charge in [-0.25, -0.2) is 9.59 Å². The van der Waals surface area contributed by atoms with Crippen molar-refractivity contribution >= 4 is 17.7 Å². The molecule has 6 nitrogen and oxygen atoms in total. The molecular weight excluding hydrogens is 324 g/mol. The van der Waals surface area contributed by atoms with Crippen molar-refractivity contribution in [1.29, 1.82) is 0 Å². The lowest BCUT2D eigenvalue weighted by molar-refractivity contribution is -0.147. The average Bonchev–Trinajstić information content (AvgIpc) is 3.00. The molecule has 2 unspecified atom stereocenters. The van der Waals surface area contributed by atoms with Crippen molar-refractivity contribution in [2.24, 2.45) is 0 Å². The molecule has 25 heavy (non-hydrogen) atoms. The summed E-state index contributed by atoms with van der Waals surface area (Å²) in [5, 5.41) is 0. The first-order valence-corrected chi connectivity index (χ1v) is 7.80. The zero-order valence-corrected chi connectivity index (χ0v) is 13.3. The van der Waals surface area contributed by atoms with Gasteiger partial charge in [-0.15, -0.1) is 0 Å². The molecule has 0 N–H and O–H groups in total. The van der Waals surface area contributed by atoms with Gasteiger partial charge in [0, 0.05) is 6.42 Å². The summed E-state index contributed by atoms with van der Waals surface area (Å²) in [5.41, 5.74) is 0.747. The molecule has 0 aliphatic carbocycles. The average molecular weight is 340 g/mol. The van der Waals surface area contributed by atoms with Crippen molar-refractivity contribution in [3.8, 4) is 0 Å². The van der Waals surface area contributed by atoms with E-state index in [4.69, 9.17) is 14.2 Å². The molecule has 0 aromatic heterocycles. The Labute approximate surface area is 144 Å². The van der Waals surface area contributed by atoms with Crippen LogP contribution in [0.15, 0.2) is 60.7 Å². The number of rotatable bonds is 5. The van der Waals surface area contributed by atoms with Gasteiger partial charge in [0.05, 0.1) is 11.1 Å². The van der Waals surface area contributed by atoms with Crippen LogP contribution in [-0.4, -0.2) is 36.7 Å². The molecule has 2 aromatic rings. The number of carbonyl (C=O) groups is 3. The Bertz CT molecular complexity index is 756. The van der Waals surface area contributed by atoms with Crippen LogP contribution in [0.1, 0.15) is 27.1 Å². The fourth-order valence-electron chi connectivity index (χ4n) is 2.38. The molecule has 0 spiro atoms. The number of ether oxygens (including phenoxy) is 3. The van der Waals surface area contributed by atoms with Gasteiger partial charge in [-0.3, -0.25) is 4.79 Å². The number of esters is 2. The fourth-order valence-corrected chi connectivity index (χ4v) is 2.38. The normalized spacial score (nSPS) is 19.4. The second-order valence-electron chi connectivity index (χ2n) is 5.50. The van der Waals surface area contributed by atoms with Gasteiger partial charge in [0.15, 0.2) is 0 Å². The summed E-state index contributed by atoms with van der Waals surface area (Å²) in [7, 11) is 0. The summed E-state index contributed by atoms with van der Waals surface area (Å²) in [6, 6.07) is 16.8. The number of hydrogen-bond donors (Lipinski definition) is 0. The van der Waals surface area contributed by atoms with Gasteiger partial charge in [0.1, 0.15) is 12.7 Å². The summed E-state index contributed by atoms with van der Waals surface area (Å²) >= 11 is 0. The molecule has 3 rings (SSSR count). The van der Waals surface area contributed by atoms with E-state index < -0.39 is 24.3 Å². The largest absolute Gasteiger partial charge is 0.459 e. The molecule has 0 saturated carbocycles. The van der Waals surface area contributed by atoms with Gasteiger partial charge < -0.3 is 14.2 Å². The molecule has 6 heteroatoms. The molecule has 1 heterocycles. The van der Waals surface area contributed by atoms with Crippen LogP contribution >= 0.6 is 0 Å². The van der Waals surface area contributed by atoms with Crippen molar-refractivity contribution in [3.63, 3.8) is 0 Å². The molecule has 0 amide bonds. The zero-order valence-electron chi connectivity index (χ0n) is 13.3. The Morgan fingerprint density at radius 1 is 0.920 bits per heavy atom. The number of carbonyl (C=O) groups excluding carboxylic acids is 3. The summed E-state index contributed by atoms with van der Waals surface area (Å²) in [6.45, 7) is -0.0845. The minimum Gasteiger partial charge on any atom is -0.459 e. The van der Waals surface area contributed by atoms with E-state index in [1.54, 1.807) is 60.7 Å². The number of Topliss-reactive ketones (excluding diaryl/α,β-unsaturated/α-hetero) is 1. The van der Waals surface area contributed by atoms with E-state index in [1.807, 2.05) is 0 Å². The van der Waals surface area contributed by atoms with Crippen molar-refractivity contribution in [1.82, 2.24) is 0 Å². The van der Waals surface area contributed by atoms with Crippen molar-refractivity contribution in [2.75, 3.05) is 6.61 Å². The molecule has 0 bridgehead atoms. The molecule has 128 valence electrons. The highest BCUT2D eigenvalue weighted by Crippen LogP contribution is 2.19. The van der Waals surface area contributed by atoms with Gasteiger partial charge in [0.2, 0.25) is 5.78 Å². The minimum absolute atomic E-state index is 0.0226. The first-order valence-electron chi connectivity index (χ1n) is 7.80. The minimum atomic E-state index is -1.27. The van der Waals surface area contributed by atoms with Gasteiger partial charge in [-0.05, 0) is 24.3 Å². The first kappa shape index (κ1) is 16.9. The third kappa shape index (κ3) is 4.30. The van der Waals surface area contributed by atoms with Crippen LogP contribution in [0, 0.1) is 0 Å². The molecule has 1 saturated heterocycles. The van der Waals surface area contributed by atoms with Crippen LogP contribution in [-0.2, 0) is 19.0 Å². The molecule has 0 radical (unpaired) electrons. The Kier molecular flexibility index (Phi) is 5.20. The van der Waals surface area contributed by atoms with E-state index in [0.29, 0.717) is 11.1 Å². The van der Waals surface area contributed by atoms with Crippen molar-refractivity contribution in [3.05, 3.63) is 71.8 Å². The van der Waals surface area contributed by atoms with Crippen LogP contribution in [0.5, 0.6) is 0 Å². The van der Waals surface area contributed by atoms with E-state index in [2.05, 4.69) is 0 Å². The Balaban J connectivity index is 1.51. The molecule has 2 atom stereocenters. The molecule has 1 aliphatic heterocycles. The second-order valence-corrected chi connectivity index (χ2v) is 5.50. The van der Waals surface area contributed by atoms with E-state index >= 15 is 0 Å². The van der Waals surface area contributed by atoms with Crippen molar-refractivity contribution in [2.45, 2.75) is 18.8 Å². The van der Waals surface area contributed by atoms with Crippen LogP contribution in [0.25, 0.3) is 0 Å². The highest BCUT2D eigenvalue weighted by atomic mass is 16.7. The van der Waals surface area contributed by atoms with E-state index in [-0.39, 0.29) is 18.8 Å². The van der Waals surface area contributed by atoms with Crippen LogP contribution in [0.2, 0.25) is 0 Å². The predicted octanol–water partition coefficient (Wildman–Crippen LogP) is 2.38. The summed E-state index contributed by atoms with van der Waals surface area (Å²) in [4.78, 5) is 35.8. The monoisotopic (exact) mass is 340 g/mol. The maximum atomic E-state index is 12.0. The highest BCUT2D eigenvalue weighted by Gasteiger charge is 2.37. The van der Waals surface area contributed by atoms with Crippen molar-refractivity contribution < 1.29 is 28.6 Å². The topological polar surface area (TPSA) is 78.9 Å². The third-order valence-electron chi connectivity index (χ3n) is 3.64. The molecular formula is C19H16O6. The Morgan fingerprint density at radius 2 is 1.48 bits per heavy atom. The number of benzene rings is 2. The summed E-state index contributed by atoms with van der Waals surface area (Å²) in [5.74, 6) is -1.49. The number of hydrogen-bond acceptors (Lipinski definition) is 6. The van der Waals surface area contributed by atoms with Gasteiger partial charge in [-0.2, -0.15) is 0 Å². The van der Waals surface area contributed by atoms with Crippen LogP contribution in [0.4, 0.5) is 0 Å². The standard InChI is InChI=1S/C19H16O6/c20-16-11-15(12-23-17(21)13-7-3-1-4-8-13)24-19(16)25-18(22)14-9-5-2-6-10-14/h1-10,15,19H,11-12H2. The zero-order chi connectivity index (χ0) is 17.6. The van der Waals surface area contributed by atoms with Gasteiger partial charge in [-0.1, -0.05) is 36.4 Å². The molecule has 1 fully saturated rings. The van der Waals surface area contributed by atoms with E-state index in [9.17, 15) is 14.4 Å². The highest BCUT2D eigenvalue weighted by molar-refractivity contribution is 5.93. The van der Waals surface area contributed by atoms with Crippen LogP contribution < -0.4 is 0 Å². The van der Waals surface area contributed by atoms with Gasteiger partial charge in [0.25, 0.3) is 6.29 Å². The quantitative estimate of drug-likeness (QED) is 0.778. The van der Waals surface area contributed by atoms with E-state index in [0.717, 1.165) is 0 Å². The summed E-state index contributed by atoms with van der Waals surface area (Å²) in [6.07, 6.45) is -1.88. The second kappa shape index (κ2) is 7.72. The number of ketones is 1. The molecule has 2 aromatic carbocycles. The lowest BCUT2D eigenvalue weighted by Gasteiger charge is -2.13. The Hall–Kier alpha value is -2.99. The lowest BCUT2D eigenvalue weighted by Crippen LogP contribution is -2.25. The lowest BCUT2D eigenvalue weighted by atomic mass is 10.2. The third-order valence-corrected chi connectivity index (χ3v) is 3.64. The predicted molar refractivity (Wildman–Crippen MR) is 86.9 cm³/mol. The fraction of sp³-hybridized carbons (Fsp3) is 0.211. The smallest absolute Gasteiger partial charge is 0.340 e. The SMILES string of the molecule is O=C(OCC1CC(=O)C(OC(=O)c2ccccc2)O1)c1ccccc1. The first-order chi connectivity index (χ1) is 12.1. The van der Waals surface area contributed by atoms with Gasteiger partial charge >= 0.3 is 11.9 Å².